The lowest BCUT2D eigenvalue weighted by atomic mass is 9.91. The quantitative estimate of drug-likeness (QED) is 0.897. The molecule has 0 aliphatic rings. The van der Waals surface area contributed by atoms with Crippen LogP contribution in [0.4, 0.5) is 5.69 Å². The SMILES string of the molecule is CC(C)(CNc1cccc(C#N)c1)c1cccs1. The molecule has 0 spiro atoms. The Kier molecular flexibility index (Phi) is 3.69. The van der Waals surface area contributed by atoms with Crippen molar-refractivity contribution in [2.24, 2.45) is 0 Å². The first-order valence-electron chi connectivity index (χ1n) is 5.90. The van der Waals surface area contributed by atoms with Gasteiger partial charge in [0.25, 0.3) is 0 Å². The summed E-state index contributed by atoms with van der Waals surface area (Å²) in [5.74, 6) is 0. The number of thiophene rings is 1. The fourth-order valence-electron chi connectivity index (χ4n) is 1.77. The third-order valence-electron chi connectivity index (χ3n) is 2.91. The Balaban J connectivity index is 2.05. The van der Waals surface area contributed by atoms with Gasteiger partial charge in [0.2, 0.25) is 0 Å². The predicted octanol–water partition coefficient (Wildman–Crippen LogP) is 4.01. The minimum atomic E-state index is 0.0941. The molecule has 0 amide bonds. The molecule has 18 heavy (non-hydrogen) atoms. The molecule has 1 aromatic carbocycles. The summed E-state index contributed by atoms with van der Waals surface area (Å²) < 4.78 is 0. The highest BCUT2D eigenvalue weighted by molar-refractivity contribution is 7.10. The van der Waals surface area contributed by atoms with E-state index in [9.17, 15) is 0 Å². The van der Waals surface area contributed by atoms with Crippen molar-refractivity contribution in [2.45, 2.75) is 19.3 Å². The lowest BCUT2D eigenvalue weighted by Gasteiger charge is -2.24. The van der Waals surface area contributed by atoms with Gasteiger partial charge in [-0.2, -0.15) is 5.26 Å². The highest BCUT2D eigenvalue weighted by Crippen LogP contribution is 2.27. The molecule has 0 fully saturated rings. The van der Waals surface area contributed by atoms with Gasteiger partial charge in [-0.05, 0) is 29.6 Å². The maximum absolute atomic E-state index is 8.86. The van der Waals surface area contributed by atoms with E-state index in [0.29, 0.717) is 5.56 Å². The van der Waals surface area contributed by atoms with Crippen LogP contribution in [-0.4, -0.2) is 6.54 Å². The van der Waals surface area contributed by atoms with Crippen LogP contribution in [0.15, 0.2) is 41.8 Å². The normalized spacial score (nSPS) is 10.9. The Morgan fingerprint density at radius 2 is 2.11 bits per heavy atom. The molecule has 1 aromatic heterocycles. The second kappa shape index (κ2) is 5.24. The molecule has 0 saturated heterocycles. The number of nitrogens with zero attached hydrogens (tertiary/aromatic N) is 1. The molecule has 0 aliphatic heterocycles. The van der Waals surface area contributed by atoms with Crippen LogP contribution in [0.3, 0.4) is 0 Å². The van der Waals surface area contributed by atoms with Crippen molar-refractivity contribution in [3.63, 3.8) is 0 Å². The maximum Gasteiger partial charge on any atom is 0.0992 e. The summed E-state index contributed by atoms with van der Waals surface area (Å²) in [7, 11) is 0. The standard InChI is InChI=1S/C15H16N2S/c1-15(2,14-7-4-8-18-14)11-17-13-6-3-5-12(9-13)10-16/h3-9,17H,11H2,1-2H3. The zero-order chi connectivity index (χ0) is 13.0. The number of anilines is 1. The Morgan fingerprint density at radius 3 is 2.78 bits per heavy atom. The lowest BCUT2D eigenvalue weighted by Crippen LogP contribution is -2.26. The first-order chi connectivity index (χ1) is 8.62. The Hall–Kier alpha value is -1.79. The lowest BCUT2D eigenvalue weighted by molar-refractivity contribution is 0.569. The molecule has 0 unspecified atom stereocenters. The van der Waals surface area contributed by atoms with Crippen LogP contribution in [0, 0.1) is 11.3 Å². The second-order valence-corrected chi connectivity index (χ2v) is 5.86. The average Bonchev–Trinajstić information content (AvgIpc) is 2.91. The minimum absolute atomic E-state index is 0.0941. The van der Waals surface area contributed by atoms with Crippen molar-refractivity contribution in [3.05, 3.63) is 52.2 Å². The van der Waals surface area contributed by atoms with Crippen molar-refractivity contribution >= 4 is 17.0 Å². The third-order valence-corrected chi connectivity index (χ3v) is 4.15. The van der Waals surface area contributed by atoms with Gasteiger partial charge in [0.15, 0.2) is 0 Å². The molecule has 0 radical (unpaired) electrons. The highest BCUT2D eigenvalue weighted by Gasteiger charge is 2.21. The van der Waals surface area contributed by atoms with Crippen LogP contribution < -0.4 is 5.32 Å². The van der Waals surface area contributed by atoms with E-state index in [1.54, 1.807) is 11.3 Å². The molecule has 0 aliphatic carbocycles. The molecule has 1 heterocycles. The van der Waals surface area contributed by atoms with E-state index in [4.69, 9.17) is 5.26 Å². The molecule has 0 atom stereocenters. The minimum Gasteiger partial charge on any atom is -0.384 e. The van der Waals surface area contributed by atoms with Crippen molar-refractivity contribution in [1.82, 2.24) is 0 Å². The van der Waals surface area contributed by atoms with Crippen molar-refractivity contribution in [3.8, 4) is 6.07 Å². The van der Waals surface area contributed by atoms with E-state index in [1.807, 2.05) is 24.3 Å². The van der Waals surface area contributed by atoms with Crippen LogP contribution in [-0.2, 0) is 5.41 Å². The van der Waals surface area contributed by atoms with Crippen LogP contribution in [0.5, 0.6) is 0 Å². The second-order valence-electron chi connectivity index (χ2n) is 4.91. The first-order valence-corrected chi connectivity index (χ1v) is 6.78. The van der Waals surface area contributed by atoms with Gasteiger partial charge in [-0.1, -0.05) is 26.0 Å². The van der Waals surface area contributed by atoms with Crippen LogP contribution in [0.2, 0.25) is 0 Å². The number of hydrogen-bond donors (Lipinski definition) is 1. The fraction of sp³-hybridized carbons (Fsp3) is 0.267. The molecule has 0 bridgehead atoms. The Morgan fingerprint density at radius 1 is 1.28 bits per heavy atom. The maximum atomic E-state index is 8.86. The summed E-state index contributed by atoms with van der Waals surface area (Å²) in [6.45, 7) is 5.29. The van der Waals surface area contributed by atoms with Crippen LogP contribution in [0.25, 0.3) is 0 Å². The van der Waals surface area contributed by atoms with E-state index < -0.39 is 0 Å². The highest BCUT2D eigenvalue weighted by atomic mass is 32.1. The van der Waals surface area contributed by atoms with Gasteiger partial charge in [0, 0.05) is 22.5 Å². The van der Waals surface area contributed by atoms with Crippen LogP contribution >= 0.6 is 11.3 Å². The summed E-state index contributed by atoms with van der Waals surface area (Å²) >= 11 is 1.78. The Labute approximate surface area is 112 Å². The molecule has 1 N–H and O–H groups in total. The van der Waals surface area contributed by atoms with Crippen molar-refractivity contribution < 1.29 is 0 Å². The fourth-order valence-corrected chi connectivity index (χ4v) is 2.62. The van der Waals surface area contributed by atoms with Gasteiger partial charge in [-0.15, -0.1) is 11.3 Å². The number of rotatable bonds is 4. The summed E-state index contributed by atoms with van der Waals surface area (Å²) in [5, 5.41) is 14.4. The summed E-state index contributed by atoms with van der Waals surface area (Å²) in [4.78, 5) is 1.37. The van der Waals surface area contributed by atoms with Crippen molar-refractivity contribution in [2.75, 3.05) is 11.9 Å². The first kappa shape index (κ1) is 12.7. The summed E-state index contributed by atoms with van der Waals surface area (Å²) in [5.41, 5.74) is 1.78. The topological polar surface area (TPSA) is 35.8 Å². The molecular weight excluding hydrogens is 240 g/mol. The predicted molar refractivity (Wildman–Crippen MR) is 77.0 cm³/mol. The average molecular weight is 256 g/mol. The van der Waals surface area contributed by atoms with Crippen molar-refractivity contribution in [1.29, 1.82) is 5.26 Å². The smallest absolute Gasteiger partial charge is 0.0992 e. The monoisotopic (exact) mass is 256 g/mol. The molecule has 2 aromatic rings. The van der Waals surface area contributed by atoms with E-state index in [-0.39, 0.29) is 5.41 Å². The largest absolute Gasteiger partial charge is 0.384 e. The van der Waals surface area contributed by atoms with E-state index in [0.717, 1.165) is 12.2 Å². The third kappa shape index (κ3) is 2.91. The van der Waals surface area contributed by atoms with Gasteiger partial charge in [-0.25, -0.2) is 0 Å². The van der Waals surface area contributed by atoms with Gasteiger partial charge in [-0.3, -0.25) is 0 Å². The molecule has 0 saturated carbocycles. The van der Waals surface area contributed by atoms with Crippen LogP contribution in [0.1, 0.15) is 24.3 Å². The molecule has 92 valence electrons. The zero-order valence-corrected chi connectivity index (χ0v) is 11.4. The number of nitrogens with one attached hydrogen (secondary N) is 1. The van der Waals surface area contributed by atoms with E-state index in [2.05, 4.69) is 42.7 Å². The van der Waals surface area contributed by atoms with E-state index in [1.165, 1.54) is 4.88 Å². The van der Waals surface area contributed by atoms with Gasteiger partial charge < -0.3 is 5.32 Å². The summed E-state index contributed by atoms with van der Waals surface area (Å²) in [6.07, 6.45) is 0. The number of hydrogen-bond acceptors (Lipinski definition) is 3. The number of nitriles is 1. The molecular formula is C15H16N2S. The Bertz CT molecular complexity index is 550. The van der Waals surface area contributed by atoms with Gasteiger partial charge >= 0.3 is 0 Å². The molecule has 2 rings (SSSR count). The summed E-state index contributed by atoms with van der Waals surface area (Å²) in [6, 6.07) is 14.0. The van der Waals surface area contributed by atoms with E-state index >= 15 is 0 Å². The molecule has 2 nitrogen and oxygen atoms in total. The molecule has 3 heteroatoms. The zero-order valence-electron chi connectivity index (χ0n) is 10.6. The van der Waals surface area contributed by atoms with Gasteiger partial charge in [0.1, 0.15) is 0 Å². The number of benzene rings is 1. The van der Waals surface area contributed by atoms with Gasteiger partial charge in [0.05, 0.1) is 11.6 Å².